The van der Waals surface area contributed by atoms with Gasteiger partial charge in [-0.15, -0.1) is 0 Å². The Morgan fingerprint density at radius 3 is 2.25 bits per heavy atom. The molecule has 0 spiro atoms. The first kappa shape index (κ1) is 5.35. The van der Waals surface area contributed by atoms with Crippen molar-refractivity contribution in [3.05, 3.63) is 23.4 Å². The summed E-state index contributed by atoms with van der Waals surface area (Å²) in [4.78, 5) is 0. The molecule has 0 amide bonds. The van der Waals surface area contributed by atoms with Gasteiger partial charge in [0.25, 0.3) is 6.01 Å². The highest BCUT2D eigenvalue weighted by Crippen LogP contribution is 2.11. The molecular weight excluding hydrogens is 107 g/mol. The molecule has 1 heterocycles. The quantitative estimate of drug-likeness (QED) is 0.503. The summed E-state index contributed by atoms with van der Waals surface area (Å²) in [6.07, 6.45) is 1.41. The summed E-state index contributed by atoms with van der Waals surface area (Å²) in [6, 6.07) is -0.470. The molecule has 1 nitrogen and oxygen atoms in total. The van der Waals surface area contributed by atoms with Crippen molar-refractivity contribution >= 4 is 0 Å². The molecule has 0 atom stereocenters. The van der Waals surface area contributed by atoms with Crippen LogP contribution in [0, 0.1) is 19.9 Å². The van der Waals surface area contributed by atoms with Crippen LogP contribution in [0.4, 0.5) is 4.39 Å². The molecule has 1 aromatic rings. The third-order valence-electron chi connectivity index (χ3n) is 1.23. The van der Waals surface area contributed by atoms with E-state index in [-0.39, 0.29) is 0 Å². The zero-order valence-electron chi connectivity index (χ0n) is 4.86. The molecule has 0 fully saturated rings. The molecule has 0 saturated carbocycles. The summed E-state index contributed by atoms with van der Waals surface area (Å²) in [5.74, 6) is 0. The van der Waals surface area contributed by atoms with Gasteiger partial charge in [-0.3, -0.25) is 0 Å². The second kappa shape index (κ2) is 1.62. The van der Waals surface area contributed by atoms with Crippen molar-refractivity contribution in [3.63, 3.8) is 0 Å². The average Bonchev–Trinajstić information content (AvgIpc) is 1.98. The van der Waals surface area contributed by atoms with Crippen LogP contribution in [0.1, 0.15) is 11.1 Å². The lowest BCUT2D eigenvalue weighted by atomic mass is 10.2. The van der Waals surface area contributed by atoms with Crippen LogP contribution >= 0.6 is 0 Å². The van der Waals surface area contributed by atoms with Crippen molar-refractivity contribution in [1.29, 1.82) is 0 Å². The molecule has 0 N–H and O–H groups in total. The Labute approximate surface area is 47.1 Å². The van der Waals surface area contributed by atoms with Crippen LogP contribution in [0.5, 0.6) is 0 Å². The van der Waals surface area contributed by atoms with Crippen molar-refractivity contribution in [1.82, 2.24) is 0 Å². The minimum absolute atomic E-state index is 0.470. The number of hydrogen-bond acceptors (Lipinski definition) is 1. The van der Waals surface area contributed by atoms with Gasteiger partial charge >= 0.3 is 0 Å². The topological polar surface area (TPSA) is 13.1 Å². The van der Waals surface area contributed by atoms with Crippen LogP contribution in [0.3, 0.4) is 0 Å². The van der Waals surface area contributed by atoms with Crippen LogP contribution in [0.15, 0.2) is 10.7 Å². The second-order valence-corrected chi connectivity index (χ2v) is 1.82. The van der Waals surface area contributed by atoms with E-state index in [4.69, 9.17) is 0 Å². The predicted octanol–water partition coefficient (Wildman–Crippen LogP) is 2.04. The van der Waals surface area contributed by atoms with Gasteiger partial charge in [0.15, 0.2) is 0 Å². The van der Waals surface area contributed by atoms with Crippen LogP contribution < -0.4 is 0 Å². The molecule has 1 rings (SSSR count). The first-order valence-corrected chi connectivity index (χ1v) is 2.42. The average molecular weight is 114 g/mol. The van der Waals surface area contributed by atoms with Gasteiger partial charge < -0.3 is 4.42 Å². The van der Waals surface area contributed by atoms with E-state index >= 15 is 0 Å². The largest absolute Gasteiger partial charge is 0.439 e. The van der Waals surface area contributed by atoms with Crippen molar-refractivity contribution in [3.8, 4) is 0 Å². The van der Waals surface area contributed by atoms with Gasteiger partial charge in [0, 0.05) is 5.56 Å². The van der Waals surface area contributed by atoms with E-state index in [2.05, 4.69) is 4.42 Å². The zero-order chi connectivity index (χ0) is 6.15. The van der Waals surface area contributed by atoms with E-state index in [0.717, 1.165) is 5.56 Å². The van der Waals surface area contributed by atoms with Crippen LogP contribution in [-0.2, 0) is 0 Å². The molecule has 0 unspecified atom stereocenters. The predicted molar refractivity (Wildman–Crippen MR) is 28.1 cm³/mol. The monoisotopic (exact) mass is 114 g/mol. The Hall–Kier alpha value is -0.790. The van der Waals surface area contributed by atoms with Gasteiger partial charge in [0.05, 0.1) is 6.26 Å². The van der Waals surface area contributed by atoms with E-state index in [1.807, 2.05) is 6.92 Å². The molecule has 0 aromatic carbocycles. The van der Waals surface area contributed by atoms with E-state index in [1.54, 1.807) is 6.92 Å². The molecular formula is C6H7FO. The molecule has 0 aliphatic carbocycles. The third kappa shape index (κ3) is 0.619. The number of rotatable bonds is 0. The van der Waals surface area contributed by atoms with Gasteiger partial charge in [0.1, 0.15) is 0 Å². The Morgan fingerprint density at radius 2 is 2.12 bits per heavy atom. The summed E-state index contributed by atoms with van der Waals surface area (Å²) < 4.78 is 16.6. The number of halogens is 1. The van der Waals surface area contributed by atoms with Crippen LogP contribution in [0.25, 0.3) is 0 Å². The fourth-order valence-electron chi connectivity index (χ4n) is 0.472. The second-order valence-electron chi connectivity index (χ2n) is 1.82. The highest BCUT2D eigenvalue weighted by atomic mass is 19.1. The van der Waals surface area contributed by atoms with Gasteiger partial charge in [-0.25, -0.2) is 0 Å². The Balaban J connectivity index is 3.19. The molecule has 44 valence electrons. The smallest absolute Gasteiger partial charge is 0.280 e. The maximum Gasteiger partial charge on any atom is 0.280 e. The van der Waals surface area contributed by atoms with Gasteiger partial charge in [-0.05, 0) is 19.4 Å². The van der Waals surface area contributed by atoms with Crippen molar-refractivity contribution < 1.29 is 8.81 Å². The summed E-state index contributed by atoms with van der Waals surface area (Å²) in [7, 11) is 0. The molecule has 0 aliphatic heterocycles. The first-order chi connectivity index (χ1) is 3.72. The van der Waals surface area contributed by atoms with Crippen molar-refractivity contribution in [2.24, 2.45) is 0 Å². The van der Waals surface area contributed by atoms with Gasteiger partial charge in [0.2, 0.25) is 0 Å². The SMILES string of the molecule is Cc1coc(F)c1C. The number of hydrogen-bond donors (Lipinski definition) is 0. The maximum absolute atomic E-state index is 12.2. The van der Waals surface area contributed by atoms with Gasteiger partial charge in [-0.2, -0.15) is 4.39 Å². The van der Waals surface area contributed by atoms with Gasteiger partial charge in [-0.1, -0.05) is 0 Å². The Morgan fingerprint density at radius 1 is 1.50 bits per heavy atom. The molecule has 0 radical (unpaired) electrons. The number of furan rings is 1. The summed E-state index contributed by atoms with van der Waals surface area (Å²) in [5, 5.41) is 0. The highest BCUT2D eigenvalue weighted by molar-refractivity contribution is 5.17. The molecule has 2 heteroatoms. The fraction of sp³-hybridized carbons (Fsp3) is 0.333. The minimum Gasteiger partial charge on any atom is -0.439 e. The Kier molecular flexibility index (Phi) is 1.08. The third-order valence-corrected chi connectivity index (χ3v) is 1.23. The standard InChI is InChI=1S/C6H7FO/c1-4-3-8-6(7)5(4)2/h3H,1-2H3. The van der Waals surface area contributed by atoms with Crippen LogP contribution in [-0.4, -0.2) is 0 Å². The number of aryl methyl sites for hydroxylation is 1. The molecule has 0 aliphatic rings. The van der Waals surface area contributed by atoms with Crippen LogP contribution in [0.2, 0.25) is 0 Å². The molecule has 1 aromatic heterocycles. The normalized spacial score (nSPS) is 9.88. The Bertz CT molecular complexity index is 171. The maximum atomic E-state index is 12.2. The lowest BCUT2D eigenvalue weighted by Gasteiger charge is -1.80. The highest BCUT2D eigenvalue weighted by Gasteiger charge is 2.01. The molecule has 0 saturated heterocycles. The fourth-order valence-corrected chi connectivity index (χ4v) is 0.472. The first-order valence-electron chi connectivity index (χ1n) is 2.42. The zero-order valence-corrected chi connectivity index (χ0v) is 4.86. The van der Waals surface area contributed by atoms with E-state index in [1.165, 1.54) is 6.26 Å². The summed E-state index contributed by atoms with van der Waals surface area (Å²) >= 11 is 0. The van der Waals surface area contributed by atoms with E-state index < -0.39 is 6.01 Å². The minimum atomic E-state index is -0.470. The van der Waals surface area contributed by atoms with Crippen molar-refractivity contribution in [2.45, 2.75) is 13.8 Å². The van der Waals surface area contributed by atoms with E-state index in [9.17, 15) is 4.39 Å². The molecule has 0 bridgehead atoms. The van der Waals surface area contributed by atoms with Crippen molar-refractivity contribution in [2.75, 3.05) is 0 Å². The summed E-state index contributed by atoms with van der Waals surface area (Å²) in [6.45, 7) is 3.50. The lowest BCUT2D eigenvalue weighted by molar-refractivity contribution is 0.355. The molecule has 8 heavy (non-hydrogen) atoms. The summed E-state index contributed by atoms with van der Waals surface area (Å²) in [5.41, 5.74) is 1.47. The lowest BCUT2D eigenvalue weighted by Crippen LogP contribution is -1.72. The van der Waals surface area contributed by atoms with E-state index in [0.29, 0.717) is 5.56 Å².